The molecule has 0 saturated carbocycles. The molecule has 0 aliphatic carbocycles. The molecule has 0 aliphatic rings. The summed E-state index contributed by atoms with van der Waals surface area (Å²) >= 11 is 0. The molecule has 0 heterocycles. The molecular formula is C70H121N2O6P. The van der Waals surface area contributed by atoms with E-state index in [2.05, 4.69) is 153 Å². The number of amides is 1. The number of hydrogen-bond donors (Lipinski definition) is 2. The van der Waals surface area contributed by atoms with Crippen molar-refractivity contribution in [3.8, 4) is 0 Å². The summed E-state index contributed by atoms with van der Waals surface area (Å²) in [7, 11) is 1.28. The Morgan fingerprint density at radius 3 is 1.13 bits per heavy atom. The van der Waals surface area contributed by atoms with Crippen LogP contribution in [0.25, 0.3) is 0 Å². The van der Waals surface area contributed by atoms with Crippen LogP contribution in [0.1, 0.15) is 251 Å². The summed E-state index contributed by atoms with van der Waals surface area (Å²) in [5, 5.41) is 14.0. The van der Waals surface area contributed by atoms with Gasteiger partial charge in [-0.25, -0.2) is 0 Å². The van der Waals surface area contributed by atoms with Crippen molar-refractivity contribution in [2.75, 3.05) is 40.9 Å². The van der Waals surface area contributed by atoms with Gasteiger partial charge in [-0.15, -0.1) is 0 Å². The van der Waals surface area contributed by atoms with Gasteiger partial charge in [0.05, 0.1) is 39.9 Å². The Morgan fingerprint density at radius 1 is 0.456 bits per heavy atom. The SMILES string of the molecule is CC/C=C\C/C=C\C/C=C\C/C=C\C/C=C\C/C=C\C/C=C\C/C=C\C/C=C\C/C=C\C/C=C\CCCCCCCCCC(=O)NC(COP(=O)([O-])OCC[N+](C)(C)C)C(O)CCCCCCCCCCCCCCCCCC. The van der Waals surface area contributed by atoms with Crippen molar-refractivity contribution < 1.29 is 32.9 Å². The molecule has 452 valence electrons. The maximum absolute atomic E-state index is 13.0. The molecule has 0 aromatic heterocycles. The Kier molecular flexibility index (Phi) is 56.7. The number of nitrogens with one attached hydrogen (secondary N) is 1. The zero-order chi connectivity index (χ0) is 57.7. The molecule has 0 aliphatic heterocycles. The van der Waals surface area contributed by atoms with Crippen molar-refractivity contribution in [2.45, 2.75) is 264 Å². The van der Waals surface area contributed by atoms with Gasteiger partial charge in [-0.1, -0.05) is 282 Å². The summed E-state index contributed by atoms with van der Waals surface area (Å²) in [6, 6.07) is -0.816. The van der Waals surface area contributed by atoms with Crippen LogP contribution in [-0.4, -0.2) is 68.5 Å². The lowest BCUT2D eigenvalue weighted by Crippen LogP contribution is -2.46. The molecule has 0 aromatic rings. The van der Waals surface area contributed by atoms with Gasteiger partial charge in [0.15, 0.2) is 0 Å². The molecule has 8 nitrogen and oxygen atoms in total. The number of aliphatic hydroxyl groups is 1. The molecule has 3 unspecified atom stereocenters. The molecule has 0 fully saturated rings. The lowest BCUT2D eigenvalue weighted by atomic mass is 10.0. The molecule has 0 saturated heterocycles. The Balaban J connectivity index is 4.12. The number of hydrogen-bond acceptors (Lipinski definition) is 6. The standard InChI is InChI=1S/C70H121N2O6P/c1-6-8-10-12-14-16-18-20-22-24-25-26-27-28-29-30-31-32-33-34-35-36-37-38-39-40-41-42-43-44-45-46-47-48-50-52-54-56-58-60-62-64-70(74)71-68(67-78-79(75,76)77-66-65-72(3,4)5)69(73)63-61-59-57-55-53-51-49-23-21-19-17-15-13-11-9-7-2/h8,10,14,16,20,22,25-26,28-29,31-32,34-35,37-38,40-41,43-44,46-47,68-69,73H,6-7,9,11-13,15,17-19,21,23-24,27,30,33,36,39,42,45,48-67H2,1-5H3,(H-,71,74,75,76)/b10-8-,16-14-,22-20-,26-25-,29-28-,32-31-,35-34-,38-37-,41-40-,44-43-,47-46-. The lowest BCUT2D eigenvalue weighted by Gasteiger charge is -2.30. The van der Waals surface area contributed by atoms with Crippen molar-refractivity contribution >= 4 is 13.7 Å². The van der Waals surface area contributed by atoms with Crippen LogP contribution >= 0.6 is 7.82 Å². The predicted octanol–water partition coefficient (Wildman–Crippen LogP) is 19.6. The maximum Gasteiger partial charge on any atom is 0.268 e. The van der Waals surface area contributed by atoms with Crippen LogP contribution in [0, 0.1) is 0 Å². The van der Waals surface area contributed by atoms with E-state index in [1.54, 1.807) is 0 Å². The number of aliphatic hydroxyl groups excluding tert-OH is 1. The van der Waals surface area contributed by atoms with E-state index in [0.29, 0.717) is 23.9 Å². The summed E-state index contributed by atoms with van der Waals surface area (Å²) in [5.74, 6) is -0.180. The fraction of sp³-hybridized carbons (Fsp3) is 0.671. The zero-order valence-corrected chi connectivity index (χ0v) is 52.4. The average molecular weight is 1120 g/mol. The average Bonchev–Trinajstić information content (AvgIpc) is 3.42. The van der Waals surface area contributed by atoms with E-state index < -0.39 is 20.0 Å². The Morgan fingerprint density at radius 2 is 0.772 bits per heavy atom. The molecule has 0 aromatic carbocycles. The quantitative estimate of drug-likeness (QED) is 0.0272. The number of unbranched alkanes of at least 4 members (excludes halogenated alkanes) is 22. The number of carbonyl (C=O) groups excluding carboxylic acids is 1. The van der Waals surface area contributed by atoms with Crippen LogP contribution < -0.4 is 10.2 Å². The number of phosphoric ester groups is 1. The Bertz CT molecular complexity index is 1750. The molecule has 1 amide bonds. The van der Waals surface area contributed by atoms with Crippen molar-refractivity contribution in [2.24, 2.45) is 0 Å². The first-order valence-electron chi connectivity index (χ1n) is 32.0. The number of likely N-dealkylation sites (N-methyl/N-ethyl adjacent to an activating group) is 1. The Labute approximate surface area is 487 Å². The van der Waals surface area contributed by atoms with Gasteiger partial charge in [-0.05, 0) is 96.3 Å². The topological polar surface area (TPSA) is 108 Å². The summed E-state index contributed by atoms with van der Waals surface area (Å²) in [4.78, 5) is 25.6. The highest BCUT2D eigenvalue weighted by atomic mass is 31.2. The van der Waals surface area contributed by atoms with Crippen LogP contribution in [0.15, 0.2) is 134 Å². The van der Waals surface area contributed by atoms with Crippen LogP contribution in [0.5, 0.6) is 0 Å². The van der Waals surface area contributed by atoms with E-state index in [4.69, 9.17) is 9.05 Å². The molecule has 0 bridgehead atoms. The highest BCUT2D eigenvalue weighted by molar-refractivity contribution is 7.45. The minimum absolute atomic E-state index is 0.00381. The highest BCUT2D eigenvalue weighted by Crippen LogP contribution is 2.38. The summed E-state index contributed by atoms with van der Waals surface area (Å²) < 4.78 is 23.4. The van der Waals surface area contributed by atoms with Crippen molar-refractivity contribution in [1.82, 2.24) is 5.32 Å². The summed E-state index contributed by atoms with van der Waals surface area (Å²) in [6.07, 6.45) is 89.2. The lowest BCUT2D eigenvalue weighted by molar-refractivity contribution is -0.870. The highest BCUT2D eigenvalue weighted by Gasteiger charge is 2.24. The van der Waals surface area contributed by atoms with Crippen LogP contribution in [0.3, 0.4) is 0 Å². The summed E-state index contributed by atoms with van der Waals surface area (Å²) in [6.45, 7) is 4.60. The van der Waals surface area contributed by atoms with Gasteiger partial charge in [0.1, 0.15) is 13.2 Å². The van der Waals surface area contributed by atoms with Gasteiger partial charge in [0, 0.05) is 6.42 Å². The van der Waals surface area contributed by atoms with Crippen LogP contribution in [-0.2, 0) is 18.4 Å². The van der Waals surface area contributed by atoms with Crippen molar-refractivity contribution in [3.63, 3.8) is 0 Å². The fourth-order valence-electron chi connectivity index (χ4n) is 8.69. The van der Waals surface area contributed by atoms with Crippen molar-refractivity contribution in [1.29, 1.82) is 0 Å². The van der Waals surface area contributed by atoms with Gasteiger partial charge in [0.25, 0.3) is 7.82 Å². The number of rotatable bonds is 57. The third-order valence-corrected chi connectivity index (χ3v) is 14.6. The minimum Gasteiger partial charge on any atom is -0.756 e. The number of phosphoric acid groups is 1. The van der Waals surface area contributed by atoms with E-state index in [9.17, 15) is 19.4 Å². The molecular weight excluding hydrogens is 996 g/mol. The third kappa shape index (κ3) is 62.1. The monoisotopic (exact) mass is 1120 g/mol. The van der Waals surface area contributed by atoms with E-state index in [1.807, 2.05) is 21.1 Å². The number of quaternary nitrogens is 1. The first-order valence-corrected chi connectivity index (χ1v) is 33.5. The largest absolute Gasteiger partial charge is 0.756 e. The van der Waals surface area contributed by atoms with E-state index >= 15 is 0 Å². The zero-order valence-electron chi connectivity index (χ0n) is 51.5. The van der Waals surface area contributed by atoms with Gasteiger partial charge in [-0.2, -0.15) is 0 Å². The fourth-order valence-corrected chi connectivity index (χ4v) is 9.42. The molecule has 9 heteroatoms. The van der Waals surface area contributed by atoms with Gasteiger partial charge >= 0.3 is 0 Å². The number of carbonyl (C=O) groups is 1. The smallest absolute Gasteiger partial charge is 0.268 e. The predicted molar refractivity (Wildman–Crippen MR) is 343 cm³/mol. The Hall–Kier alpha value is -3.36. The summed E-state index contributed by atoms with van der Waals surface area (Å²) in [5.41, 5.74) is 0. The van der Waals surface area contributed by atoms with E-state index in [1.165, 1.54) is 103 Å². The second-order valence-corrected chi connectivity index (χ2v) is 23.8. The third-order valence-electron chi connectivity index (χ3n) is 13.7. The minimum atomic E-state index is -4.59. The maximum atomic E-state index is 13.0. The molecule has 0 rings (SSSR count). The van der Waals surface area contributed by atoms with Gasteiger partial charge in [-0.3, -0.25) is 9.36 Å². The second kappa shape index (κ2) is 59.3. The molecule has 2 N–H and O–H groups in total. The van der Waals surface area contributed by atoms with Gasteiger partial charge < -0.3 is 28.8 Å². The number of allylic oxidation sites excluding steroid dienone is 22. The first-order chi connectivity index (χ1) is 38.5. The first kappa shape index (κ1) is 75.6. The van der Waals surface area contributed by atoms with E-state index in [0.717, 1.165) is 122 Å². The molecule has 3 atom stereocenters. The number of nitrogens with zero attached hydrogens (tertiary/aromatic N) is 1. The van der Waals surface area contributed by atoms with E-state index in [-0.39, 0.29) is 19.1 Å². The van der Waals surface area contributed by atoms with Crippen LogP contribution in [0.2, 0.25) is 0 Å². The molecule has 0 radical (unpaired) electrons. The van der Waals surface area contributed by atoms with Gasteiger partial charge in [0.2, 0.25) is 5.91 Å². The molecule has 0 spiro atoms. The second-order valence-electron chi connectivity index (χ2n) is 22.4. The molecule has 79 heavy (non-hydrogen) atoms. The van der Waals surface area contributed by atoms with Crippen molar-refractivity contribution in [3.05, 3.63) is 134 Å². The van der Waals surface area contributed by atoms with Crippen LogP contribution in [0.4, 0.5) is 0 Å². The normalized spacial score (nSPS) is 14.7.